The van der Waals surface area contributed by atoms with Crippen molar-refractivity contribution in [2.24, 2.45) is 12.8 Å². The molecule has 0 bridgehead atoms. The number of nitrogens with two attached hydrogens (primary N) is 1. The maximum absolute atomic E-state index is 11.6. The molecular weight excluding hydrogens is 272 g/mol. The first-order valence-corrected chi connectivity index (χ1v) is 7.01. The van der Waals surface area contributed by atoms with Crippen LogP contribution in [0.2, 0.25) is 0 Å². The Bertz CT molecular complexity index is 675. The van der Waals surface area contributed by atoms with E-state index in [0.717, 1.165) is 12.8 Å². The molecule has 2 heterocycles. The summed E-state index contributed by atoms with van der Waals surface area (Å²) in [6, 6.07) is 2.78. The number of aromatic nitrogens is 3. The van der Waals surface area contributed by atoms with E-state index in [1.807, 2.05) is 0 Å². The third-order valence-corrected chi connectivity index (χ3v) is 3.69. The number of hydrogen-bond donors (Lipinski definition) is 1. The van der Waals surface area contributed by atoms with Gasteiger partial charge in [0.1, 0.15) is 0 Å². The molecule has 1 atom stereocenters. The molecule has 7 heteroatoms. The fraction of sp³-hybridized carbons (Fsp3) is 0.500. The van der Waals surface area contributed by atoms with E-state index < -0.39 is 6.04 Å². The highest BCUT2D eigenvalue weighted by atomic mass is 16.5. The van der Waals surface area contributed by atoms with E-state index in [9.17, 15) is 4.79 Å². The number of rotatable bonds is 5. The second-order valence-electron chi connectivity index (χ2n) is 5.32. The van der Waals surface area contributed by atoms with Crippen molar-refractivity contribution in [1.29, 1.82) is 0 Å². The third-order valence-electron chi connectivity index (χ3n) is 3.69. The van der Waals surface area contributed by atoms with Gasteiger partial charge in [-0.2, -0.15) is 4.98 Å². The van der Waals surface area contributed by atoms with Gasteiger partial charge in [-0.25, -0.2) is 0 Å². The Morgan fingerprint density at radius 1 is 1.57 bits per heavy atom. The fourth-order valence-electron chi connectivity index (χ4n) is 2.04. The molecule has 1 unspecified atom stereocenters. The van der Waals surface area contributed by atoms with Crippen LogP contribution in [0.15, 0.2) is 27.6 Å². The first kappa shape index (κ1) is 14.0. The van der Waals surface area contributed by atoms with Crippen LogP contribution in [0, 0.1) is 0 Å². The van der Waals surface area contributed by atoms with Crippen LogP contribution in [0.5, 0.6) is 0 Å². The predicted molar refractivity (Wildman–Crippen MR) is 75.5 cm³/mol. The zero-order valence-electron chi connectivity index (χ0n) is 11.9. The largest absolute Gasteiger partial charge is 0.376 e. The summed E-state index contributed by atoms with van der Waals surface area (Å²) in [5, 5.41) is 3.87. The number of aryl methyl sites for hydroxylation is 1. The summed E-state index contributed by atoms with van der Waals surface area (Å²) in [7, 11) is 1.68. The van der Waals surface area contributed by atoms with Crippen LogP contribution in [0.3, 0.4) is 0 Å². The quantitative estimate of drug-likeness (QED) is 0.882. The monoisotopic (exact) mass is 290 g/mol. The lowest BCUT2D eigenvalue weighted by Gasteiger charge is -2.26. The normalized spacial score (nSPS) is 16.7. The van der Waals surface area contributed by atoms with Gasteiger partial charge in [-0.1, -0.05) is 5.16 Å². The average molecular weight is 290 g/mol. The minimum absolute atomic E-state index is 0.134. The molecule has 0 saturated heterocycles. The van der Waals surface area contributed by atoms with E-state index in [0.29, 0.717) is 30.0 Å². The minimum atomic E-state index is -0.422. The Morgan fingerprint density at radius 3 is 3.05 bits per heavy atom. The SMILES string of the molecule is Cn1ccc(-c2nc(C(N)COC3CCC3)no2)cc1=O. The lowest BCUT2D eigenvalue weighted by atomic mass is 9.96. The zero-order chi connectivity index (χ0) is 14.8. The molecule has 0 aromatic carbocycles. The lowest BCUT2D eigenvalue weighted by Crippen LogP contribution is -2.27. The van der Waals surface area contributed by atoms with Gasteiger partial charge in [-0.15, -0.1) is 0 Å². The average Bonchev–Trinajstić information content (AvgIpc) is 2.89. The van der Waals surface area contributed by atoms with Crippen LogP contribution in [0.1, 0.15) is 31.1 Å². The van der Waals surface area contributed by atoms with Gasteiger partial charge in [-0.05, 0) is 25.3 Å². The maximum atomic E-state index is 11.6. The van der Waals surface area contributed by atoms with Crippen LogP contribution in [-0.2, 0) is 11.8 Å². The van der Waals surface area contributed by atoms with Crippen molar-refractivity contribution in [1.82, 2.24) is 14.7 Å². The molecule has 7 nitrogen and oxygen atoms in total. The molecule has 0 radical (unpaired) electrons. The van der Waals surface area contributed by atoms with Gasteiger partial charge in [-0.3, -0.25) is 4.79 Å². The number of ether oxygens (including phenoxy) is 1. The van der Waals surface area contributed by atoms with Gasteiger partial charge in [0, 0.05) is 24.9 Å². The number of hydrogen-bond acceptors (Lipinski definition) is 6. The smallest absolute Gasteiger partial charge is 0.258 e. The van der Waals surface area contributed by atoms with Crippen molar-refractivity contribution in [3.63, 3.8) is 0 Å². The summed E-state index contributed by atoms with van der Waals surface area (Å²) in [5.74, 6) is 0.687. The van der Waals surface area contributed by atoms with Crippen molar-refractivity contribution >= 4 is 0 Å². The van der Waals surface area contributed by atoms with Crippen molar-refractivity contribution in [2.75, 3.05) is 6.61 Å². The Labute approximate surface area is 121 Å². The molecule has 2 aromatic heterocycles. The van der Waals surface area contributed by atoms with Crippen molar-refractivity contribution < 1.29 is 9.26 Å². The van der Waals surface area contributed by atoms with Crippen molar-refractivity contribution in [3.8, 4) is 11.5 Å². The fourth-order valence-corrected chi connectivity index (χ4v) is 2.04. The third kappa shape index (κ3) is 3.03. The molecule has 1 fully saturated rings. The van der Waals surface area contributed by atoms with E-state index in [-0.39, 0.29) is 5.56 Å². The lowest BCUT2D eigenvalue weighted by molar-refractivity contribution is -0.00549. The van der Waals surface area contributed by atoms with Crippen LogP contribution in [-0.4, -0.2) is 27.4 Å². The van der Waals surface area contributed by atoms with Crippen LogP contribution in [0.4, 0.5) is 0 Å². The van der Waals surface area contributed by atoms with E-state index >= 15 is 0 Å². The van der Waals surface area contributed by atoms with Crippen molar-refractivity contribution in [3.05, 3.63) is 34.5 Å². The zero-order valence-corrected chi connectivity index (χ0v) is 11.9. The van der Waals surface area contributed by atoms with Gasteiger partial charge in [0.25, 0.3) is 11.4 Å². The van der Waals surface area contributed by atoms with E-state index in [1.54, 1.807) is 19.3 Å². The Morgan fingerprint density at radius 2 is 2.38 bits per heavy atom. The van der Waals surface area contributed by atoms with Crippen molar-refractivity contribution in [2.45, 2.75) is 31.4 Å². The first-order chi connectivity index (χ1) is 10.1. The van der Waals surface area contributed by atoms with Gasteiger partial charge >= 0.3 is 0 Å². The highest BCUT2D eigenvalue weighted by molar-refractivity contribution is 5.51. The molecule has 0 aliphatic heterocycles. The molecule has 1 aliphatic carbocycles. The standard InChI is InChI=1S/C14H18N4O3/c1-18-6-5-9(7-12(18)19)14-16-13(17-21-14)11(15)8-20-10-3-2-4-10/h5-7,10-11H,2-4,8,15H2,1H3. The van der Waals surface area contributed by atoms with Crippen LogP contribution < -0.4 is 11.3 Å². The summed E-state index contributed by atoms with van der Waals surface area (Å²) in [6.45, 7) is 0.375. The summed E-state index contributed by atoms with van der Waals surface area (Å²) in [5.41, 5.74) is 6.44. The Kier molecular flexibility index (Phi) is 3.85. The molecule has 3 rings (SSSR count). The number of nitrogens with zero attached hydrogens (tertiary/aromatic N) is 3. The van der Waals surface area contributed by atoms with Gasteiger partial charge in [0.15, 0.2) is 5.82 Å². The molecule has 112 valence electrons. The Hall–Kier alpha value is -1.99. The minimum Gasteiger partial charge on any atom is -0.376 e. The van der Waals surface area contributed by atoms with Gasteiger partial charge in [0.05, 0.1) is 18.8 Å². The topological polar surface area (TPSA) is 96.2 Å². The molecule has 21 heavy (non-hydrogen) atoms. The predicted octanol–water partition coefficient (Wildman–Crippen LogP) is 1.00. The molecule has 1 aliphatic rings. The van der Waals surface area contributed by atoms with E-state index in [1.165, 1.54) is 17.1 Å². The van der Waals surface area contributed by atoms with Crippen LogP contribution in [0.25, 0.3) is 11.5 Å². The highest BCUT2D eigenvalue weighted by Crippen LogP contribution is 2.23. The molecule has 0 spiro atoms. The molecule has 1 saturated carbocycles. The summed E-state index contributed by atoms with van der Waals surface area (Å²) in [4.78, 5) is 15.8. The molecule has 2 N–H and O–H groups in total. The maximum Gasteiger partial charge on any atom is 0.258 e. The van der Waals surface area contributed by atoms with E-state index in [4.69, 9.17) is 15.0 Å². The van der Waals surface area contributed by atoms with Gasteiger partial charge < -0.3 is 19.6 Å². The first-order valence-electron chi connectivity index (χ1n) is 7.01. The van der Waals surface area contributed by atoms with Gasteiger partial charge in [0.2, 0.25) is 0 Å². The van der Waals surface area contributed by atoms with Crippen LogP contribution >= 0.6 is 0 Å². The highest BCUT2D eigenvalue weighted by Gasteiger charge is 2.21. The molecule has 2 aromatic rings. The summed E-state index contributed by atoms with van der Waals surface area (Å²) >= 11 is 0. The Balaban J connectivity index is 1.69. The molecule has 0 amide bonds. The summed E-state index contributed by atoms with van der Waals surface area (Å²) in [6.07, 6.45) is 5.38. The summed E-state index contributed by atoms with van der Waals surface area (Å²) < 4.78 is 12.3. The molecular formula is C14H18N4O3. The number of pyridine rings is 1. The van der Waals surface area contributed by atoms with E-state index in [2.05, 4.69) is 10.1 Å². The second-order valence-corrected chi connectivity index (χ2v) is 5.32. The second kappa shape index (κ2) is 5.79.